The van der Waals surface area contributed by atoms with Gasteiger partial charge in [0.15, 0.2) is 0 Å². The molecule has 1 amide bonds. The van der Waals surface area contributed by atoms with Crippen molar-refractivity contribution in [2.24, 2.45) is 0 Å². The predicted octanol–water partition coefficient (Wildman–Crippen LogP) is 0.605. The lowest BCUT2D eigenvalue weighted by Crippen LogP contribution is -2.44. The van der Waals surface area contributed by atoms with Crippen LogP contribution in [0.2, 0.25) is 0 Å². The van der Waals surface area contributed by atoms with Gasteiger partial charge in [0.1, 0.15) is 0 Å². The molecular formula is C15H22N2O3. The summed E-state index contributed by atoms with van der Waals surface area (Å²) in [6, 6.07) is 9.63. The molecule has 2 rings (SSSR count). The van der Waals surface area contributed by atoms with Crippen molar-refractivity contribution in [3.05, 3.63) is 35.9 Å². The molecule has 1 heterocycles. The van der Waals surface area contributed by atoms with Gasteiger partial charge in [-0.25, -0.2) is 0 Å². The van der Waals surface area contributed by atoms with Crippen molar-refractivity contribution < 1.29 is 14.6 Å². The number of ether oxygens (including phenoxy) is 1. The molecule has 0 bridgehead atoms. The van der Waals surface area contributed by atoms with E-state index in [-0.39, 0.29) is 31.1 Å². The molecule has 1 aromatic carbocycles. The van der Waals surface area contributed by atoms with E-state index >= 15 is 0 Å². The second-order valence-electron chi connectivity index (χ2n) is 4.98. The molecular weight excluding hydrogens is 256 g/mol. The smallest absolute Gasteiger partial charge is 0.234 e. The molecule has 1 fully saturated rings. The number of amides is 1. The van der Waals surface area contributed by atoms with Gasteiger partial charge in [-0.3, -0.25) is 10.1 Å². The van der Waals surface area contributed by atoms with Crippen LogP contribution in [-0.4, -0.2) is 43.4 Å². The van der Waals surface area contributed by atoms with Gasteiger partial charge in [0.25, 0.3) is 0 Å². The highest BCUT2D eigenvalue weighted by Gasteiger charge is 2.17. The first-order valence-electron chi connectivity index (χ1n) is 7.06. The number of benzene rings is 1. The summed E-state index contributed by atoms with van der Waals surface area (Å²) in [5.41, 5.74) is 0.980. The lowest BCUT2D eigenvalue weighted by molar-refractivity contribution is -0.121. The third kappa shape index (κ3) is 4.59. The maximum absolute atomic E-state index is 11.9. The SMILES string of the molecule is O=C(CNC(CO)c1ccccc1)NC1CCOCC1. The quantitative estimate of drug-likeness (QED) is 0.713. The van der Waals surface area contributed by atoms with Gasteiger partial charge in [-0.1, -0.05) is 30.3 Å². The molecule has 110 valence electrons. The number of hydrogen-bond donors (Lipinski definition) is 3. The second kappa shape index (κ2) is 7.99. The Bertz CT molecular complexity index is 405. The molecule has 1 unspecified atom stereocenters. The second-order valence-corrected chi connectivity index (χ2v) is 4.98. The number of carbonyl (C=O) groups is 1. The van der Waals surface area contributed by atoms with Gasteiger partial charge in [0, 0.05) is 19.3 Å². The summed E-state index contributed by atoms with van der Waals surface area (Å²) in [7, 11) is 0. The van der Waals surface area contributed by atoms with E-state index in [1.54, 1.807) is 0 Å². The average Bonchev–Trinajstić information content (AvgIpc) is 2.50. The summed E-state index contributed by atoms with van der Waals surface area (Å²) in [6.45, 7) is 1.59. The van der Waals surface area contributed by atoms with Gasteiger partial charge in [0.2, 0.25) is 5.91 Å². The zero-order chi connectivity index (χ0) is 14.2. The molecule has 0 saturated carbocycles. The van der Waals surface area contributed by atoms with Crippen LogP contribution in [0.3, 0.4) is 0 Å². The highest BCUT2D eigenvalue weighted by atomic mass is 16.5. The van der Waals surface area contributed by atoms with Crippen molar-refractivity contribution >= 4 is 5.91 Å². The molecule has 0 aliphatic carbocycles. The van der Waals surface area contributed by atoms with Crippen LogP contribution in [0, 0.1) is 0 Å². The van der Waals surface area contributed by atoms with E-state index in [0.29, 0.717) is 13.2 Å². The fourth-order valence-electron chi connectivity index (χ4n) is 2.31. The van der Waals surface area contributed by atoms with Crippen LogP contribution in [-0.2, 0) is 9.53 Å². The molecule has 1 atom stereocenters. The molecule has 0 spiro atoms. The fourth-order valence-corrected chi connectivity index (χ4v) is 2.31. The highest BCUT2D eigenvalue weighted by molar-refractivity contribution is 5.78. The number of carbonyl (C=O) groups excluding carboxylic acids is 1. The summed E-state index contributed by atoms with van der Waals surface area (Å²) in [4.78, 5) is 11.9. The Morgan fingerprint density at radius 2 is 2.00 bits per heavy atom. The van der Waals surface area contributed by atoms with Gasteiger partial charge in [-0.2, -0.15) is 0 Å². The van der Waals surface area contributed by atoms with Crippen LogP contribution < -0.4 is 10.6 Å². The Hall–Kier alpha value is -1.43. The highest BCUT2D eigenvalue weighted by Crippen LogP contribution is 2.11. The van der Waals surface area contributed by atoms with Crippen LogP contribution in [0.5, 0.6) is 0 Å². The Morgan fingerprint density at radius 1 is 1.30 bits per heavy atom. The van der Waals surface area contributed by atoms with E-state index in [1.807, 2.05) is 30.3 Å². The van der Waals surface area contributed by atoms with E-state index in [4.69, 9.17) is 4.74 Å². The van der Waals surface area contributed by atoms with Crippen molar-refractivity contribution in [3.8, 4) is 0 Å². The largest absolute Gasteiger partial charge is 0.394 e. The van der Waals surface area contributed by atoms with Gasteiger partial charge in [-0.05, 0) is 18.4 Å². The summed E-state index contributed by atoms with van der Waals surface area (Å²) < 4.78 is 5.25. The van der Waals surface area contributed by atoms with Crippen LogP contribution in [0.15, 0.2) is 30.3 Å². The molecule has 3 N–H and O–H groups in total. The van der Waals surface area contributed by atoms with Gasteiger partial charge in [-0.15, -0.1) is 0 Å². The Morgan fingerprint density at radius 3 is 2.65 bits per heavy atom. The maximum atomic E-state index is 11.9. The third-order valence-corrected chi connectivity index (χ3v) is 3.48. The minimum atomic E-state index is -0.211. The van der Waals surface area contributed by atoms with E-state index in [2.05, 4.69) is 10.6 Å². The zero-order valence-corrected chi connectivity index (χ0v) is 11.5. The van der Waals surface area contributed by atoms with E-state index in [0.717, 1.165) is 18.4 Å². The number of hydrogen-bond acceptors (Lipinski definition) is 4. The average molecular weight is 278 g/mol. The molecule has 1 saturated heterocycles. The van der Waals surface area contributed by atoms with Gasteiger partial charge in [0.05, 0.1) is 19.2 Å². The summed E-state index contributed by atoms with van der Waals surface area (Å²) in [5.74, 6) is -0.0359. The van der Waals surface area contributed by atoms with E-state index in [1.165, 1.54) is 0 Å². The van der Waals surface area contributed by atoms with Crippen LogP contribution in [0.1, 0.15) is 24.4 Å². The normalized spacial score (nSPS) is 17.6. The molecule has 0 radical (unpaired) electrons. The number of aliphatic hydroxyl groups excluding tert-OH is 1. The van der Waals surface area contributed by atoms with Gasteiger partial charge >= 0.3 is 0 Å². The lowest BCUT2D eigenvalue weighted by Gasteiger charge is -2.24. The molecule has 1 aliphatic rings. The van der Waals surface area contributed by atoms with Crippen molar-refractivity contribution in [1.82, 2.24) is 10.6 Å². The van der Waals surface area contributed by atoms with E-state index in [9.17, 15) is 9.90 Å². The number of rotatable bonds is 6. The molecule has 1 aliphatic heterocycles. The van der Waals surface area contributed by atoms with Crippen LogP contribution >= 0.6 is 0 Å². The first-order valence-corrected chi connectivity index (χ1v) is 7.06. The molecule has 5 heteroatoms. The fraction of sp³-hybridized carbons (Fsp3) is 0.533. The molecule has 0 aromatic heterocycles. The molecule has 5 nitrogen and oxygen atoms in total. The maximum Gasteiger partial charge on any atom is 0.234 e. The van der Waals surface area contributed by atoms with Gasteiger partial charge < -0.3 is 15.2 Å². The minimum absolute atomic E-state index is 0.0332. The predicted molar refractivity (Wildman–Crippen MR) is 76.3 cm³/mol. The first-order chi connectivity index (χ1) is 9.79. The Kier molecular flexibility index (Phi) is 5.98. The molecule has 20 heavy (non-hydrogen) atoms. The lowest BCUT2D eigenvalue weighted by atomic mass is 10.1. The van der Waals surface area contributed by atoms with Crippen LogP contribution in [0.25, 0.3) is 0 Å². The van der Waals surface area contributed by atoms with Crippen LogP contribution in [0.4, 0.5) is 0 Å². The standard InChI is InChI=1S/C15H22N2O3/c18-11-14(12-4-2-1-3-5-12)16-10-15(19)17-13-6-8-20-9-7-13/h1-5,13-14,16,18H,6-11H2,(H,17,19). The minimum Gasteiger partial charge on any atom is -0.394 e. The van der Waals surface area contributed by atoms with Crippen molar-refractivity contribution in [2.75, 3.05) is 26.4 Å². The van der Waals surface area contributed by atoms with Crippen molar-refractivity contribution in [2.45, 2.75) is 24.9 Å². The zero-order valence-electron chi connectivity index (χ0n) is 11.5. The molecule has 1 aromatic rings. The Balaban J connectivity index is 1.76. The van der Waals surface area contributed by atoms with Crippen molar-refractivity contribution in [1.29, 1.82) is 0 Å². The van der Waals surface area contributed by atoms with Crippen molar-refractivity contribution in [3.63, 3.8) is 0 Å². The summed E-state index contributed by atoms with van der Waals surface area (Å²) in [5, 5.41) is 15.5. The topological polar surface area (TPSA) is 70.6 Å². The summed E-state index contributed by atoms with van der Waals surface area (Å²) in [6.07, 6.45) is 1.74. The summed E-state index contributed by atoms with van der Waals surface area (Å²) >= 11 is 0. The first kappa shape index (κ1) is 15.0. The number of nitrogens with one attached hydrogen (secondary N) is 2. The van der Waals surface area contributed by atoms with E-state index < -0.39 is 0 Å². The third-order valence-electron chi connectivity index (χ3n) is 3.48. The Labute approximate surface area is 119 Å². The number of aliphatic hydroxyl groups is 1. The monoisotopic (exact) mass is 278 g/mol.